The van der Waals surface area contributed by atoms with Gasteiger partial charge in [0.25, 0.3) is 0 Å². The van der Waals surface area contributed by atoms with Gasteiger partial charge in [-0.15, -0.1) is 0 Å². The Morgan fingerprint density at radius 3 is 2.91 bits per heavy atom. The molecule has 3 heterocycles. The summed E-state index contributed by atoms with van der Waals surface area (Å²) in [5, 5.41) is 6.44. The van der Waals surface area contributed by atoms with E-state index in [0.29, 0.717) is 11.9 Å². The lowest BCUT2D eigenvalue weighted by Gasteiger charge is -2.30. The third-order valence-corrected chi connectivity index (χ3v) is 4.70. The second-order valence-electron chi connectivity index (χ2n) is 6.50. The molecule has 1 unspecified atom stereocenters. The SMILES string of the molecule is NC1(CCN2CCCC2)N=C(NCC2CCOCC2)N=CN1. The van der Waals surface area contributed by atoms with Crippen LogP contribution >= 0.6 is 0 Å². The number of guanidine groups is 1. The van der Waals surface area contributed by atoms with E-state index in [1.54, 1.807) is 6.34 Å². The van der Waals surface area contributed by atoms with E-state index in [0.717, 1.165) is 45.6 Å². The molecule has 124 valence electrons. The number of nitrogens with one attached hydrogen (secondary N) is 2. The fraction of sp³-hybridized carbons (Fsp3) is 0.867. The van der Waals surface area contributed by atoms with Gasteiger partial charge in [0.15, 0.2) is 5.79 Å². The monoisotopic (exact) mass is 308 g/mol. The standard InChI is InChI=1S/C15H28N6O/c16-15(5-8-21-6-1-2-7-21)19-12-18-14(20-15)17-11-13-3-9-22-10-4-13/h12-13H,1-11,16H2,(H2,17,18,19,20). The summed E-state index contributed by atoms with van der Waals surface area (Å²) in [5.74, 6) is 0.551. The highest BCUT2D eigenvalue weighted by atomic mass is 16.5. The maximum absolute atomic E-state index is 6.36. The highest BCUT2D eigenvalue weighted by molar-refractivity contribution is 5.89. The van der Waals surface area contributed by atoms with Crippen molar-refractivity contribution in [2.24, 2.45) is 21.6 Å². The topological polar surface area (TPSA) is 87.3 Å². The average molecular weight is 308 g/mol. The molecule has 0 bridgehead atoms. The molecule has 2 fully saturated rings. The van der Waals surface area contributed by atoms with Crippen molar-refractivity contribution in [2.45, 2.75) is 37.9 Å². The van der Waals surface area contributed by atoms with Crippen molar-refractivity contribution in [2.75, 3.05) is 39.4 Å². The molecule has 7 nitrogen and oxygen atoms in total. The lowest BCUT2D eigenvalue weighted by molar-refractivity contribution is 0.0675. The molecule has 3 rings (SSSR count). The van der Waals surface area contributed by atoms with Gasteiger partial charge in [0.1, 0.15) is 0 Å². The van der Waals surface area contributed by atoms with Crippen LogP contribution in [0.1, 0.15) is 32.1 Å². The Hall–Kier alpha value is -1.18. The Labute approximate surface area is 132 Å². The van der Waals surface area contributed by atoms with Crippen LogP contribution in [0.4, 0.5) is 0 Å². The van der Waals surface area contributed by atoms with Crippen molar-refractivity contribution in [1.29, 1.82) is 0 Å². The van der Waals surface area contributed by atoms with Gasteiger partial charge in [0.2, 0.25) is 5.96 Å². The highest BCUT2D eigenvalue weighted by Crippen LogP contribution is 2.15. The lowest BCUT2D eigenvalue weighted by Crippen LogP contribution is -2.56. The van der Waals surface area contributed by atoms with Crippen LogP contribution < -0.4 is 16.4 Å². The van der Waals surface area contributed by atoms with Gasteiger partial charge in [-0.2, -0.15) is 0 Å². The molecule has 0 aromatic carbocycles. The Balaban J connectivity index is 1.47. The van der Waals surface area contributed by atoms with Crippen LogP contribution in [0.3, 0.4) is 0 Å². The van der Waals surface area contributed by atoms with Crippen LogP contribution in [0.15, 0.2) is 9.98 Å². The summed E-state index contributed by atoms with van der Waals surface area (Å²) in [6, 6.07) is 0. The molecular weight excluding hydrogens is 280 g/mol. The van der Waals surface area contributed by atoms with Crippen molar-refractivity contribution in [1.82, 2.24) is 15.5 Å². The zero-order valence-corrected chi connectivity index (χ0v) is 13.3. The predicted molar refractivity (Wildman–Crippen MR) is 87.8 cm³/mol. The minimum atomic E-state index is -0.734. The van der Waals surface area contributed by atoms with Crippen LogP contribution in [0, 0.1) is 5.92 Å². The number of nitrogens with two attached hydrogens (primary N) is 1. The van der Waals surface area contributed by atoms with Crippen LogP contribution in [-0.2, 0) is 4.74 Å². The van der Waals surface area contributed by atoms with E-state index < -0.39 is 5.79 Å². The molecule has 2 saturated heterocycles. The largest absolute Gasteiger partial charge is 0.381 e. The number of nitrogens with zero attached hydrogens (tertiary/aromatic N) is 3. The van der Waals surface area contributed by atoms with Gasteiger partial charge >= 0.3 is 0 Å². The van der Waals surface area contributed by atoms with Crippen LogP contribution in [-0.4, -0.2) is 62.4 Å². The zero-order chi connectivity index (χ0) is 15.3. The van der Waals surface area contributed by atoms with Gasteiger partial charge in [-0.1, -0.05) is 0 Å². The van der Waals surface area contributed by atoms with Crippen molar-refractivity contribution >= 4 is 12.3 Å². The van der Waals surface area contributed by atoms with Crippen molar-refractivity contribution in [3.05, 3.63) is 0 Å². The molecule has 0 amide bonds. The van der Waals surface area contributed by atoms with Gasteiger partial charge < -0.3 is 20.3 Å². The number of likely N-dealkylation sites (tertiary alicyclic amines) is 1. The van der Waals surface area contributed by atoms with Crippen molar-refractivity contribution in [3.63, 3.8) is 0 Å². The molecule has 4 N–H and O–H groups in total. The smallest absolute Gasteiger partial charge is 0.222 e. The zero-order valence-electron chi connectivity index (χ0n) is 13.3. The summed E-state index contributed by atoms with van der Waals surface area (Å²) in [6.07, 6.45) is 7.27. The summed E-state index contributed by atoms with van der Waals surface area (Å²) < 4.78 is 5.38. The van der Waals surface area contributed by atoms with E-state index in [1.165, 1.54) is 25.9 Å². The summed E-state index contributed by atoms with van der Waals surface area (Å²) in [6.45, 7) is 5.96. The van der Waals surface area contributed by atoms with E-state index in [1.807, 2.05) is 0 Å². The molecule has 3 aliphatic rings. The van der Waals surface area contributed by atoms with E-state index in [9.17, 15) is 0 Å². The predicted octanol–water partition coefficient (Wildman–Crippen LogP) is 0.0885. The first-order valence-electron chi connectivity index (χ1n) is 8.46. The second kappa shape index (κ2) is 7.39. The third-order valence-electron chi connectivity index (χ3n) is 4.70. The fourth-order valence-electron chi connectivity index (χ4n) is 3.19. The summed E-state index contributed by atoms with van der Waals surface area (Å²) >= 11 is 0. The summed E-state index contributed by atoms with van der Waals surface area (Å²) in [5.41, 5.74) is 6.36. The molecule has 3 aliphatic heterocycles. The first kappa shape index (κ1) is 15.7. The molecule has 0 spiro atoms. The number of rotatable bonds is 5. The quantitative estimate of drug-likeness (QED) is 0.670. The number of hydrogen-bond donors (Lipinski definition) is 3. The van der Waals surface area contributed by atoms with E-state index in [4.69, 9.17) is 10.5 Å². The normalized spacial score (nSPS) is 30.1. The molecule has 0 saturated carbocycles. The highest BCUT2D eigenvalue weighted by Gasteiger charge is 2.27. The van der Waals surface area contributed by atoms with E-state index in [-0.39, 0.29) is 0 Å². The molecule has 22 heavy (non-hydrogen) atoms. The Bertz CT molecular complexity index is 414. The van der Waals surface area contributed by atoms with Gasteiger partial charge in [-0.25, -0.2) is 9.98 Å². The maximum atomic E-state index is 6.36. The number of aliphatic imine (C=N–C) groups is 2. The number of ether oxygens (including phenoxy) is 1. The first-order valence-corrected chi connectivity index (χ1v) is 8.46. The lowest BCUT2D eigenvalue weighted by atomic mass is 10.0. The molecular formula is C15H28N6O. The molecule has 0 aromatic heterocycles. The minimum absolute atomic E-state index is 0.637. The maximum Gasteiger partial charge on any atom is 0.222 e. The summed E-state index contributed by atoms with van der Waals surface area (Å²) in [7, 11) is 0. The van der Waals surface area contributed by atoms with Gasteiger partial charge in [0, 0.05) is 32.7 Å². The molecule has 1 atom stereocenters. The average Bonchev–Trinajstić information content (AvgIpc) is 3.06. The third kappa shape index (κ3) is 4.41. The first-order chi connectivity index (χ1) is 10.7. The minimum Gasteiger partial charge on any atom is -0.381 e. The van der Waals surface area contributed by atoms with E-state index >= 15 is 0 Å². The van der Waals surface area contributed by atoms with Crippen LogP contribution in [0.2, 0.25) is 0 Å². The summed E-state index contributed by atoms with van der Waals surface area (Å²) in [4.78, 5) is 11.3. The Morgan fingerprint density at radius 1 is 1.36 bits per heavy atom. The van der Waals surface area contributed by atoms with Gasteiger partial charge in [-0.05, 0) is 44.7 Å². The van der Waals surface area contributed by atoms with Crippen molar-refractivity contribution < 1.29 is 4.74 Å². The van der Waals surface area contributed by atoms with Gasteiger partial charge in [0.05, 0.1) is 6.34 Å². The van der Waals surface area contributed by atoms with Gasteiger partial charge in [-0.3, -0.25) is 5.73 Å². The Morgan fingerprint density at radius 2 is 2.14 bits per heavy atom. The molecule has 0 aromatic rings. The van der Waals surface area contributed by atoms with E-state index in [2.05, 4.69) is 25.5 Å². The molecule has 7 heteroatoms. The fourth-order valence-corrected chi connectivity index (χ4v) is 3.19. The van der Waals surface area contributed by atoms with Crippen LogP contribution in [0.5, 0.6) is 0 Å². The second-order valence-corrected chi connectivity index (χ2v) is 6.50. The molecule has 0 radical (unpaired) electrons. The van der Waals surface area contributed by atoms with Crippen molar-refractivity contribution in [3.8, 4) is 0 Å². The van der Waals surface area contributed by atoms with Crippen LogP contribution in [0.25, 0.3) is 0 Å². The number of hydrogen-bond acceptors (Lipinski definition) is 7. The Kier molecular flexibility index (Phi) is 5.28. The molecule has 0 aliphatic carbocycles.